The van der Waals surface area contributed by atoms with Gasteiger partial charge in [0, 0.05) is 19.7 Å². The molecule has 0 spiro atoms. The molecule has 0 amide bonds. The van der Waals surface area contributed by atoms with Crippen molar-refractivity contribution < 1.29 is 14.2 Å². The lowest BCUT2D eigenvalue weighted by Gasteiger charge is -2.29. The average Bonchev–Trinajstić information content (AvgIpc) is 2.67. The number of rotatable bonds is 4. The lowest BCUT2D eigenvalue weighted by atomic mass is 9.93. The molecular formula is C13H25NO3. The second-order valence-corrected chi connectivity index (χ2v) is 5.57. The molecule has 0 radical (unpaired) electrons. The third kappa shape index (κ3) is 3.91. The van der Waals surface area contributed by atoms with Crippen LogP contribution in [-0.2, 0) is 14.2 Å². The van der Waals surface area contributed by atoms with Gasteiger partial charge in [-0.3, -0.25) is 0 Å². The van der Waals surface area contributed by atoms with E-state index in [1.165, 1.54) is 25.7 Å². The van der Waals surface area contributed by atoms with E-state index in [1.54, 1.807) is 0 Å². The van der Waals surface area contributed by atoms with Gasteiger partial charge < -0.3 is 19.5 Å². The Bertz CT molecular complexity index is 237. The largest absolute Gasteiger partial charge is 0.381 e. The second-order valence-electron chi connectivity index (χ2n) is 5.57. The quantitative estimate of drug-likeness (QED) is 0.815. The summed E-state index contributed by atoms with van der Waals surface area (Å²) in [5.74, 6) is -0.403. The van der Waals surface area contributed by atoms with Crippen LogP contribution in [0.5, 0.6) is 0 Å². The van der Waals surface area contributed by atoms with E-state index in [0.29, 0.717) is 18.8 Å². The number of nitrogens with one attached hydrogen (secondary N) is 1. The zero-order valence-corrected chi connectivity index (χ0v) is 11.2. The summed E-state index contributed by atoms with van der Waals surface area (Å²) < 4.78 is 16.7. The molecule has 17 heavy (non-hydrogen) atoms. The maximum atomic E-state index is 5.77. The molecular weight excluding hydrogens is 218 g/mol. The summed E-state index contributed by atoms with van der Waals surface area (Å²) in [6, 6.07) is 0.619. The second kappa shape index (κ2) is 5.65. The molecule has 0 bridgehead atoms. The van der Waals surface area contributed by atoms with E-state index >= 15 is 0 Å². The van der Waals surface area contributed by atoms with E-state index < -0.39 is 5.79 Å². The molecule has 1 atom stereocenters. The Hall–Kier alpha value is -0.160. The monoisotopic (exact) mass is 243 g/mol. The van der Waals surface area contributed by atoms with Crippen molar-refractivity contribution >= 4 is 0 Å². The molecule has 2 fully saturated rings. The lowest BCUT2D eigenvalue weighted by molar-refractivity contribution is -0.138. The van der Waals surface area contributed by atoms with Crippen LogP contribution in [0.15, 0.2) is 0 Å². The fourth-order valence-electron chi connectivity index (χ4n) is 2.66. The van der Waals surface area contributed by atoms with Gasteiger partial charge in [-0.2, -0.15) is 0 Å². The van der Waals surface area contributed by atoms with Crippen molar-refractivity contribution in [2.24, 2.45) is 0 Å². The fraction of sp³-hybridized carbons (Fsp3) is 1.00. The Morgan fingerprint density at radius 3 is 2.47 bits per heavy atom. The van der Waals surface area contributed by atoms with Crippen molar-refractivity contribution in [1.82, 2.24) is 5.32 Å². The highest BCUT2D eigenvalue weighted by Gasteiger charge is 2.32. The summed E-state index contributed by atoms with van der Waals surface area (Å²) in [6.45, 7) is 5.53. The van der Waals surface area contributed by atoms with Gasteiger partial charge >= 0.3 is 0 Å². The summed E-state index contributed by atoms with van der Waals surface area (Å²) >= 11 is 0. The van der Waals surface area contributed by atoms with E-state index in [0.717, 1.165) is 6.54 Å². The van der Waals surface area contributed by atoms with Crippen LogP contribution in [0.1, 0.15) is 39.5 Å². The molecule has 4 nitrogen and oxygen atoms in total. The number of hydrogen-bond donors (Lipinski definition) is 1. The maximum Gasteiger partial charge on any atom is 0.163 e. The van der Waals surface area contributed by atoms with Crippen molar-refractivity contribution in [3.63, 3.8) is 0 Å². The third-order valence-corrected chi connectivity index (χ3v) is 3.71. The predicted molar refractivity (Wildman–Crippen MR) is 66.0 cm³/mol. The van der Waals surface area contributed by atoms with Crippen LogP contribution in [0.4, 0.5) is 0 Å². The highest BCUT2D eigenvalue weighted by molar-refractivity contribution is 4.80. The number of ether oxygens (including phenoxy) is 3. The molecule has 1 aliphatic heterocycles. The molecule has 2 rings (SSSR count). The van der Waals surface area contributed by atoms with Crippen molar-refractivity contribution in [3.05, 3.63) is 0 Å². The van der Waals surface area contributed by atoms with Gasteiger partial charge in [0.2, 0.25) is 0 Å². The molecule has 0 aromatic heterocycles. The Morgan fingerprint density at radius 2 is 1.94 bits per heavy atom. The van der Waals surface area contributed by atoms with Crippen LogP contribution < -0.4 is 5.32 Å². The smallest absolute Gasteiger partial charge is 0.163 e. The molecule has 0 aromatic carbocycles. The van der Waals surface area contributed by atoms with Crippen molar-refractivity contribution in [2.75, 3.05) is 20.3 Å². The first-order valence-corrected chi connectivity index (χ1v) is 6.67. The van der Waals surface area contributed by atoms with Crippen molar-refractivity contribution in [1.29, 1.82) is 0 Å². The minimum atomic E-state index is -0.403. The Kier molecular flexibility index (Phi) is 4.42. The van der Waals surface area contributed by atoms with Crippen LogP contribution in [0, 0.1) is 0 Å². The number of hydrogen-bond acceptors (Lipinski definition) is 4. The Morgan fingerprint density at radius 1 is 1.24 bits per heavy atom. The molecule has 0 aromatic rings. The first-order valence-electron chi connectivity index (χ1n) is 6.67. The van der Waals surface area contributed by atoms with Gasteiger partial charge in [-0.05, 0) is 39.5 Å². The molecule has 2 aliphatic rings. The highest BCUT2D eigenvalue weighted by Crippen LogP contribution is 2.23. The van der Waals surface area contributed by atoms with Crippen LogP contribution >= 0.6 is 0 Å². The van der Waals surface area contributed by atoms with E-state index in [2.05, 4.69) is 5.32 Å². The van der Waals surface area contributed by atoms with Crippen molar-refractivity contribution in [3.8, 4) is 0 Å². The Labute approximate surface area is 104 Å². The average molecular weight is 243 g/mol. The minimum absolute atomic E-state index is 0.199. The van der Waals surface area contributed by atoms with Crippen LogP contribution in [-0.4, -0.2) is 44.3 Å². The fourth-order valence-corrected chi connectivity index (χ4v) is 2.66. The molecule has 1 unspecified atom stereocenters. The SMILES string of the molecule is COC1CCC(NCC2COC(C)(C)O2)CC1. The minimum Gasteiger partial charge on any atom is -0.381 e. The molecule has 1 heterocycles. The molecule has 4 heteroatoms. The molecule has 1 N–H and O–H groups in total. The summed E-state index contributed by atoms with van der Waals surface area (Å²) in [6.07, 6.45) is 5.41. The summed E-state index contributed by atoms with van der Waals surface area (Å²) in [4.78, 5) is 0. The third-order valence-electron chi connectivity index (χ3n) is 3.71. The molecule has 1 aliphatic carbocycles. The topological polar surface area (TPSA) is 39.7 Å². The highest BCUT2D eigenvalue weighted by atomic mass is 16.7. The standard InChI is InChI=1S/C13H25NO3/c1-13(2)16-9-12(17-13)8-14-10-4-6-11(15-3)7-5-10/h10-12,14H,4-9H2,1-3H3. The van der Waals surface area contributed by atoms with Crippen LogP contribution in [0.2, 0.25) is 0 Å². The van der Waals surface area contributed by atoms with Crippen LogP contribution in [0.25, 0.3) is 0 Å². The van der Waals surface area contributed by atoms with Gasteiger partial charge in [0.05, 0.1) is 18.8 Å². The van der Waals surface area contributed by atoms with Crippen LogP contribution in [0.3, 0.4) is 0 Å². The zero-order chi connectivity index (χ0) is 12.3. The van der Waals surface area contributed by atoms with Gasteiger partial charge in [0.25, 0.3) is 0 Å². The van der Waals surface area contributed by atoms with Gasteiger partial charge in [0.1, 0.15) is 0 Å². The first kappa shape index (κ1) is 13.3. The maximum absolute atomic E-state index is 5.77. The van der Waals surface area contributed by atoms with E-state index in [1.807, 2.05) is 21.0 Å². The summed E-state index contributed by atoms with van der Waals surface area (Å²) in [7, 11) is 1.81. The summed E-state index contributed by atoms with van der Waals surface area (Å²) in [5, 5.41) is 3.59. The van der Waals surface area contributed by atoms with Gasteiger partial charge in [-0.15, -0.1) is 0 Å². The van der Waals surface area contributed by atoms with Gasteiger partial charge in [0.15, 0.2) is 5.79 Å². The normalized spacial score (nSPS) is 37.2. The molecule has 100 valence electrons. The number of methoxy groups -OCH3 is 1. The van der Waals surface area contributed by atoms with Gasteiger partial charge in [-0.1, -0.05) is 0 Å². The predicted octanol–water partition coefficient (Wildman–Crippen LogP) is 1.69. The van der Waals surface area contributed by atoms with Gasteiger partial charge in [-0.25, -0.2) is 0 Å². The Balaban J connectivity index is 1.63. The molecule has 1 saturated carbocycles. The summed E-state index contributed by atoms with van der Waals surface area (Å²) in [5.41, 5.74) is 0. The lowest BCUT2D eigenvalue weighted by Crippen LogP contribution is -2.40. The molecule has 1 saturated heterocycles. The zero-order valence-electron chi connectivity index (χ0n) is 11.2. The first-order chi connectivity index (χ1) is 8.09. The van der Waals surface area contributed by atoms with E-state index in [9.17, 15) is 0 Å². The van der Waals surface area contributed by atoms with E-state index in [-0.39, 0.29) is 6.10 Å². The van der Waals surface area contributed by atoms with E-state index in [4.69, 9.17) is 14.2 Å². The van der Waals surface area contributed by atoms with Crippen molar-refractivity contribution in [2.45, 2.75) is 63.6 Å².